The van der Waals surface area contributed by atoms with Crippen LogP contribution in [0.25, 0.3) is 0 Å². The summed E-state index contributed by atoms with van der Waals surface area (Å²) in [5.41, 5.74) is 1.19. The second-order valence-corrected chi connectivity index (χ2v) is 4.70. The lowest BCUT2D eigenvalue weighted by Gasteiger charge is -2.10. The average molecular weight is 248 g/mol. The Kier molecular flexibility index (Phi) is 4.09. The van der Waals surface area contributed by atoms with Crippen LogP contribution >= 0.6 is 0 Å². The third-order valence-corrected chi connectivity index (χ3v) is 2.71. The maximum atomic E-state index is 4.27. The smallest absolute Gasteiger partial charge is 0.152 e. The van der Waals surface area contributed by atoms with Crippen LogP contribution in [-0.4, -0.2) is 30.4 Å². The van der Waals surface area contributed by atoms with Crippen molar-refractivity contribution in [2.75, 3.05) is 0 Å². The number of aromatic nitrogens is 5. The van der Waals surface area contributed by atoms with Crippen LogP contribution in [0.3, 0.4) is 0 Å². The van der Waals surface area contributed by atoms with Gasteiger partial charge in [0.2, 0.25) is 0 Å². The number of nitrogens with zero attached hydrogens (tertiary/aromatic N) is 5. The van der Waals surface area contributed by atoms with Gasteiger partial charge in [-0.25, -0.2) is 9.97 Å². The highest BCUT2D eigenvalue weighted by Gasteiger charge is 2.05. The molecule has 0 fully saturated rings. The zero-order valence-corrected chi connectivity index (χ0v) is 11.2. The monoisotopic (exact) mass is 248 g/mol. The fraction of sp³-hybridized carbons (Fsp3) is 0.583. The Morgan fingerprint density at radius 3 is 2.83 bits per heavy atom. The lowest BCUT2D eigenvalue weighted by atomic mass is 10.3. The quantitative estimate of drug-likeness (QED) is 0.819. The zero-order chi connectivity index (χ0) is 13.0. The largest absolute Gasteiger partial charge is 0.333 e. The Hall–Kier alpha value is -1.69. The first-order chi connectivity index (χ1) is 8.65. The molecular weight excluding hydrogens is 228 g/mol. The van der Waals surface area contributed by atoms with E-state index in [1.807, 2.05) is 19.6 Å². The van der Waals surface area contributed by atoms with Crippen molar-refractivity contribution in [3.05, 3.63) is 30.4 Å². The van der Waals surface area contributed by atoms with Crippen molar-refractivity contribution < 1.29 is 0 Å². The SMILES string of the molecule is CC(C)NCc1cncn1CCc1ncn(C)n1. The highest BCUT2D eigenvalue weighted by atomic mass is 15.3. The van der Waals surface area contributed by atoms with Crippen molar-refractivity contribution in [1.29, 1.82) is 0 Å². The number of hydrogen-bond acceptors (Lipinski definition) is 4. The lowest BCUT2D eigenvalue weighted by Crippen LogP contribution is -2.23. The van der Waals surface area contributed by atoms with E-state index in [0.29, 0.717) is 6.04 Å². The Bertz CT molecular complexity index is 484. The van der Waals surface area contributed by atoms with Crippen molar-refractivity contribution in [1.82, 2.24) is 29.6 Å². The summed E-state index contributed by atoms with van der Waals surface area (Å²) in [6, 6.07) is 0.478. The summed E-state index contributed by atoms with van der Waals surface area (Å²) in [6.07, 6.45) is 6.32. The molecule has 98 valence electrons. The summed E-state index contributed by atoms with van der Waals surface area (Å²) in [5.74, 6) is 0.869. The molecule has 2 aromatic heterocycles. The van der Waals surface area contributed by atoms with Crippen LogP contribution in [0.5, 0.6) is 0 Å². The minimum atomic E-state index is 0.478. The first kappa shape index (κ1) is 12.8. The minimum absolute atomic E-state index is 0.478. The molecule has 0 bridgehead atoms. The van der Waals surface area contributed by atoms with Crippen LogP contribution < -0.4 is 5.32 Å². The molecule has 0 saturated heterocycles. The van der Waals surface area contributed by atoms with E-state index in [1.54, 1.807) is 11.0 Å². The highest BCUT2D eigenvalue weighted by molar-refractivity contribution is 4.99. The van der Waals surface area contributed by atoms with Gasteiger partial charge >= 0.3 is 0 Å². The lowest BCUT2D eigenvalue weighted by molar-refractivity contribution is 0.551. The second-order valence-electron chi connectivity index (χ2n) is 4.70. The molecule has 0 saturated carbocycles. The first-order valence-corrected chi connectivity index (χ1v) is 6.22. The molecule has 0 spiro atoms. The standard InChI is InChI=1S/C12H20N6/c1-10(2)14-7-11-6-13-8-18(11)5-4-12-15-9-17(3)16-12/h6,8-10,14H,4-5,7H2,1-3H3. The van der Waals surface area contributed by atoms with E-state index in [4.69, 9.17) is 0 Å². The minimum Gasteiger partial charge on any atom is -0.333 e. The third-order valence-electron chi connectivity index (χ3n) is 2.71. The summed E-state index contributed by atoms with van der Waals surface area (Å²) in [4.78, 5) is 8.42. The van der Waals surface area contributed by atoms with Crippen molar-refractivity contribution in [2.24, 2.45) is 7.05 Å². The van der Waals surface area contributed by atoms with Gasteiger partial charge in [0.15, 0.2) is 5.82 Å². The van der Waals surface area contributed by atoms with Gasteiger partial charge < -0.3 is 9.88 Å². The van der Waals surface area contributed by atoms with E-state index >= 15 is 0 Å². The number of hydrogen-bond donors (Lipinski definition) is 1. The van der Waals surface area contributed by atoms with Crippen LogP contribution in [0.15, 0.2) is 18.9 Å². The normalized spacial score (nSPS) is 11.3. The average Bonchev–Trinajstić information content (AvgIpc) is 2.92. The number of rotatable bonds is 6. The molecule has 0 atom stereocenters. The van der Waals surface area contributed by atoms with Crippen LogP contribution in [0.2, 0.25) is 0 Å². The van der Waals surface area contributed by atoms with Crippen LogP contribution in [0.4, 0.5) is 0 Å². The van der Waals surface area contributed by atoms with Gasteiger partial charge in [-0.15, -0.1) is 0 Å². The van der Waals surface area contributed by atoms with Crippen LogP contribution in [0, 0.1) is 0 Å². The van der Waals surface area contributed by atoms with E-state index in [9.17, 15) is 0 Å². The fourth-order valence-electron chi connectivity index (χ4n) is 1.72. The summed E-state index contributed by atoms with van der Waals surface area (Å²) in [7, 11) is 1.88. The molecule has 0 unspecified atom stereocenters. The second kappa shape index (κ2) is 5.77. The van der Waals surface area contributed by atoms with Crippen LogP contribution in [-0.2, 0) is 26.6 Å². The highest BCUT2D eigenvalue weighted by Crippen LogP contribution is 2.02. The van der Waals surface area contributed by atoms with Gasteiger partial charge in [-0.3, -0.25) is 4.68 Å². The van der Waals surface area contributed by atoms with E-state index in [1.165, 1.54) is 5.69 Å². The van der Waals surface area contributed by atoms with Gasteiger partial charge in [0.05, 0.1) is 12.0 Å². The summed E-state index contributed by atoms with van der Waals surface area (Å²) < 4.78 is 3.87. The van der Waals surface area contributed by atoms with Crippen molar-refractivity contribution in [3.63, 3.8) is 0 Å². The molecule has 18 heavy (non-hydrogen) atoms. The van der Waals surface area contributed by atoms with Gasteiger partial charge in [0.25, 0.3) is 0 Å². The van der Waals surface area contributed by atoms with E-state index in [2.05, 4.69) is 38.8 Å². The van der Waals surface area contributed by atoms with Crippen molar-refractivity contribution >= 4 is 0 Å². The van der Waals surface area contributed by atoms with E-state index in [-0.39, 0.29) is 0 Å². The number of aryl methyl sites for hydroxylation is 3. The Morgan fingerprint density at radius 1 is 1.33 bits per heavy atom. The molecule has 0 amide bonds. The molecule has 0 aliphatic rings. The van der Waals surface area contributed by atoms with Gasteiger partial charge in [-0.1, -0.05) is 13.8 Å². The van der Waals surface area contributed by atoms with E-state index in [0.717, 1.165) is 25.3 Å². The zero-order valence-electron chi connectivity index (χ0n) is 11.2. The first-order valence-electron chi connectivity index (χ1n) is 6.22. The molecule has 0 aromatic carbocycles. The van der Waals surface area contributed by atoms with Crippen molar-refractivity contribution in [2.45, 2.75) is 39.4 Å². The van der Waals surface area contributed by atoms with Crippen LogP contribution in [0.1, 0.15) is 25.4 Å². The molecule has 0 aliphatic heterocycles. The number of imidazole rings is 1. The molecule has 1 N–H and O–H groups in total. The maximum Gasteiger partial charge on any atom is 0.152 e. The fourth-order valence-corrected chi connectivity index (χ4v) is 1.72. The summed E-state index contributed by atoms with van der Waals surface area (Å²) >= 11 is 0. The van der Waals surface area contributed by atoms with Gasteiger partial charge in [-0.2, -0.15) is 5.10 Å². The molecule has 2 rings (SSSR count). The predicted molar refractivity (Wildman–Crippen MR) is 68.9 cm³/mol. The molecule has 6 nitrogen and oxygen atoms in total. The molecule has 0 radical (unpaired) electrons. The Morgan fingerprint density at radius 2 is 2.17 bits per heavy atom. The summed E-state index contributed by atoms with van der Waals surface area (Å²) in [6.45, 7) is 5.98. The van der Waals surface area contributed by atoms with Crippen molar-refractivity contribution in [3.8, 4) is 0 Å². The molecule has 6 heteroatoms. The Balaban J connectivity index is 1.91. The predicted octanol–water partition coefficient (Wildman–Crippen LogP) is 0.752. The molecule has 2 heterocycles. The third kappa shape index (κ3) is 3.40. The van der Waals surface area contributed by atoms with E-state index < -0.39 is 0 Å². The summed E-state index contributed by atoms with van der Waals surface area (Å²) in [5, 5.41) is 7.66. The molecular formula is C12H20N6. The maximum absolute atomic E-state index is 4.27. The molecule has 0 aliphatic carbocycles. The Labute approximate surface area is 107 Å². The van der Waals surface area contributed by atoms with Gasteiger partial charge in [-0.05, 0) is 0 Å². The number of nitrogens with one attached hydrogen (secondary N) is 1. The van der Waals surface area contributed by atoms with Gasteiger partial charge in [0, 0.05) is 38.8 Å². The van der Waals surface area contributed by atoms with Gasteiger partial charge in [0.1, 0.15) is 6.33 Å². The topological polar surface area (TPSA) is 60.6 Å². The molecule has 2 aromatic rings.